The van der Waals surface area contributed by atoms with Crippen LogP contribution in [0.2, 0.25) is 0 Å². The number of aryl methyl sites for hydroxylation is 1. The van der Waals surface area contributed by atoms with Crippen LogP contribution in [0, 0.1) is 6.57 Å². The van der Waals surface area contributed by atoms with Gasteiger partial charge in [0.1, 0.15) is 0 Å². The summed E-state index contributed by atoms with van der Waals surface area (Å²) in [7, 11) is 0. The van der Waals surface area contributed by atoms with E-state index in [2.05, 4.69) is 34.2 Å². The lowest BCUT2D eigenvalue weighted by Gasteiger charge is -1.96. The minimum Gasteiger partial charge on any atom is -0.361 e. The number of para-hydroxylation sites is 1. The fraction of sp³-hybridized carbons (Fsp3) is 0.308. The molecule has 0 fully saturated rings. The van der Waals surface area contributed by atoms with Gasteiger partial charge >= 0.3 is 0 Å². The van der Waals surface area contributed by atoms with Gasteiger partial charge in [0.25, 0.3) is 0 Å². The summed E-state index contributed by atoms with van der Waals surface area (Å²) in [6.07, 6.45) is 5.26. The third kappa shape index (κ3) is 2.19. The summed E-state index contributed by atoms with van der Waals surface area (Å²) in [5, 5.41) is 1.32. The summed E-state index contributed by atoms with van der Waals surface area (Å²) in [5.74, 6) is 0. The van der Waals surface area contributed by atoms with Crippen molar-refractivity contribution in [3.05, 3.63) is 47.4 Å². The van der Waals surface area contributed by atoms with Gasteiger partial charge in [-0.3, -0.25) is 0 Å². The van der Waals surface area contributed by atoms with Crippen molar-refractivity contribution in [2.24, 2.45) is 0 Å². The average Bonchev–Trinajstić information content (AvgIpc) is 2.68. The molecule has 0 aliphatic carbocycles. The Bertz CT molecular complexity index is 476. The lowest BCUT2D eigenvalue weighted by Crippen LogP contribution is -1.85. The van der Waals surface area contributed by atoms with Gasteiger partial charge in [-0.1, -0.05) is 18.2 Å². The summed E-state index contributed by atoms with van der Waals surface area (Å²) >= 11 is 0. The van der Waals surface area contributed by atoms with Crippen molar-refractivity contribution in [2.75, 3.05) is 6.54 Å². The van der Waals surface area contributed by atoms with Crippen molar-refractivity contribution >= 4 is 10.9 Å². The quantitative estimate of drug-likeness (QED) is 0.574. The van der Waals surface area contributed by atoms with Crippen LogP contribution in [-0.4, -0.2) is 11.5 Å². The van der Waals surface area contributed by atoms with E-state index in [9.17, 15) is 0 Å². The Kier molecular flexibility index (Phi) is 3.04. The molecule has 76 valence electrons. The molecule has 0 saturated carbocycles. The van der Waals surface area contributed by atoms with Crippen LogP contribution >= 0.6 is 0 Å². The molecule has 0 aliphatic heterocycles. The molecule has 2 aromatic rings. The first-order valence-electron chi connectivity index (χ1n) is 5.30. The van der Waals surface area contributed by atoms with Gasteiger partial charge in [0.05, 0.1) is 0 Å². The first kappa shape index (κ1) is 9.79. The number of benzene rings is 1. The van der Waals surface area contributed by atoms with Crippen LogP contribution in [0.5, 0.6) is 0 Å². The molecule has 0 atom stereocenters. The second-order valence-electron chi connectivity index (χ2n) is 3.70. The lowest BCUT2D eigenvalue weighted by molar-refractivity contribution is 0.782. The molecule has 0 unspecified atom stereocenters. The molecule has 2 nitrogen and oxygen atoms in total. The summed E-state index contributed by atoms with van der Waals surface area (Å²) < 4.78 is 0. The van der Waals surface area contributed by atoms with Gasteiger partial charge < -0.3 is 9.83 Å². The minimum absolute atomic E-state index is 0.655. The maximum atomic E-state index is 6.71. The number of fused-ring (bicyclic) bond motifs is 1. The molecule has 1 aromatic heterocycles. The molecular formula is C13H14N2. The van der Waals surface area contributed by atoms with E-state index in [1.807, 2.05) is 6.07 Å². The molecule has 2 rings (SSSR count). The van der Waals surface area contributed by atoms with Crippen molar-refractivity contribution in [2.45, 2.75) is 19.3 Å². The van der Waals surface area contributed by atoms with E-state index in [1.165, 1.54) is 16.5 Å². The topological polar surface area (TPSA) is 20.1 Å². The number of rotatable bonds is 4. The molecule has 0 aliphatic rings. The van der Waals surface area contributed by atoms with Gasteiger partial charge in [-0.05, 0) is 24.5 Å². The van der Waals surface area contributed by atoms with Crippen LogP contribution in [0.1, 0.15) is 18.4 Å². The van der Waals surface area contributed by atoms with E-state index in [-0.39, 0.29) is 0 Å². The smallest absolute Gasteiger partial charge is 0.214 e. The van der Waals surface area contributed by atoms with E-state index in [4.69, 9.17) is 6.57 Å². The Balaban J connectivity index is 2.05. The van der Waals surface area contributed by atoms with Gasteiger partial charge in [0.2, 0.25) is 6.54 Å². The third-order valence-corrected chi connectivity index (χ3v) is 2.64. The van der Waals surface area contributed by atoms with Crippen molar-refractivity contribution < 1.29 is 0 Å². The number of hydrogen-bond donors (Lipinski definition) is 1. The number of aromatic amines is 1. The monoisotopic (exact) mass is 198 g/mol. The number of nitrogens with zero attached hydrogens (tertiary/aromatic N) is 1. The number of unbranched alkanes of at least 4 members (excludes halogenated alkanes) is 1. The van der Waals surface area contributed by atoms with Gasteiger partial charge in [0.15, 0.2) is 0 Å². The largest absolute Gasteiger partial charge is 0.361 e. The third-order valence-electron chi connectivity index (χ3n) is 2.64. The first-order chi connectivity index (χ1) is 7.42. The standard InChI is InChI=1S/C13H14N2/c1-14-9-5-4-6-11-10-15-13-8-3-2-7-12(11)13/h2-3,7-8,10,15H,4-6,9H2. The molecule has 1 aromatic carbocycles. The first-order valence-corrected chi connectivity index (χ1v) is 5.30. The highest BCUT2D eigenvalue weighted by Gasteiger charge is 2.02. The molecule has 0 spiro atoms. The van der Waals surface area contributed by atoms with E-state index < -0.39 is 0 Å². The zero-order valence-corrected chi connectivity index (χ0v) is 8.66. The number of nitrogens with one attached hydrogen (secondary N) is 1. The van der Waals surface area contributed by atoms with E-state index in [1.54, 1.807) is 0 Å². The zero-order chi connectivity index (χ0) is 10.5. The van der Waals surface area contributed by atoms with Gasteiger partial charge in [-0.15, -0.1) is 0 Å². The molecule has 0 bridgehead atoms. The van der Waals surface area contributed by atoms with Crippen LogP contribution in [-0.2, 0) is 6.42 Å². The maximum absolute atomic E-state index is 6.71. The Labute approximate surface area is 89.7 Å². The molecule has 0 saturated heterocycles. The Morgan fingerprint density at radius 3 is 2.93 bits per heavy atom. The highest BCUT2D eigenvalue weighted by molar-refractivity contribution is 5.82. The summed E-state index contributed by atoms with van der Waals surface area (Å²) in [5.41, 5.74) is 2.58. The average molecular weight is 198 g/mol. The molecule has 0 radical (unpaired) electrons. The predicted molar refractivity (Wildman–Crippen MR) is 62.7 cm³/mol. The maximum Gasteiger partial charge on any atom is 0.214 e. The van der Waals surface area contributed by atoms with Crippen LogP contribution in [0.3, 0.4) is 0 Å². The van der Waals surface area contributed by atoms with Crippen molar-refractivity contribution in [3.8, 4) is 0 Å². The molecular weight excluding hydrogens is 184 g/mol. The van der Waals surface area contributed by atoms with Crippen LogP contribution in [0.15, 0.2) is 30.5 Å². The van der Waals surface area contributed by atoms with Gasteiger partial charge in [0, 0.05) is 23.5 Å². The van der Waals surface area contributed by atoms with E-state index >= 15 is 0 Å². The highest BCUT2D eigenvalue weighted by atomic mass is 14.7. The van der Waals surface area contributed by atoms with Crippen LogP contribution < -0.4 is 0 Å². The minimum atomic E-state index is 0.655. The lowest BCUT2D eigenvalue weighted by atomic mass is 10.1. The summed E-state index contributed by atoms with van der Waals surface area (Å²) in [6, 6.07) is 8.36. The molecule has 1 N–H and O–H groups in total. The zero-order valence-electron chi connectivity index (χ0n) is 8.66. The summed E-state index contributed by atoms with van der Waals surface area (Å²) in [4.78, 5) is 6.63. The molecule has 1 heterocycles. The van der Waals surface area contributed by atoms with Crippen molar-refractivity contribution in [1.29, 1.82) is 0 Å². The van der Waals surface area contributed by atoms with E-state index in [0.29, 0.717) is 6.54 Å². The SMILES string of the molecule is [C-]#[N+]CCCCc1c[nH]c2ccccc12. The second-order valence-corrected chi connectivity index (χ2v) is 3.70. The van der Waals surface area contributed by atoms with Crippen molar-refractivity contribution in [3.63, 3.8) is 0 Å². The van der Waals surface area contributed by atoms with Gasteiger partial charge in [-0.25, -0.2) is 6.57 Å². The number of H-pyrrole nitrogens is 1. The van der Waals surface area contributed by atoms with Crippen LogP contribution in [0.25, 0.3) is 15.7 Å². The van der Waals surface area contributed by atoms with Gasteiger partial charge in [-0.2, -0.15) is 0 Å². The molecule has 15 heavy (non-hydrogen) atoms. The summed E-state index contributed by atoms with van der Waals surface area (Å²) in [6.45, 7) is 7.36. The van der Waals surface area contributed by atoms with Crippen LogP contribution in [0.4, 0.5) is 0 Å². The second kappa shape index (κ2) is 4.65. The van der Waals surface area contributed by atoms with Crippen molar-refractivity contribution in [1.82, 2.24) is 4.98 Å². The fourth-order valence-electron chi connectivity index (χ4n) is 1.84. The normalized spacial score (nSPS) is 10.3. The fourth-order valence-corrected chi connectivity index (χ4v) is 1.84. The Hall–Kier alpha value is -1.75. The predicted octanol–water partition coefficient (Wildman–Crippen LogP) is 3.41. The Morgan fingerprint density at radius 2 is 2.07 bits per heavy atom. The van der Waals surface area contributed by atoms with E-state index in [0.717, 1.165) is 19.3 Å². The highest BCUT2D eigenvalue weighted by Crippen LogP contribution is 2.19. The number of hydrogen-bond acceptors (Lipinski definition) is 0. The number of aromatic nitrogens is 1. The molecule has 0 amide bonds. The Morgan fingerprint density at radius 1 is 1.20 bits per heavy atom. The molecule has 2 heteroatoms.